The Morgan fingerprint density at radius 1 is 1.16 bits per heavy atom. The maximum absolute atomic E-state index is 12.3. The van der Waals surface area contributed by atoms with Gasteiger partial charge >= 0.3 is 0 Å². The highest BCUT2D eigenvalue weighted by atomic mass is 16.5. The predicted octanol–water partition coefficient (Wildman–Crippen LogP) is 0.825. The molecule has 2 unspecified atom stereocenters. The van der Waals surface area contributed by atoms with Crippen molar-refractivity contribution >= 4 is 11.8 Å². The molecule has 3 aliphatic rings. The van der Waals surface area contributed by atoms with Crippen LogP contribution in [-0.2, 0) is 14.3 Å². The average Bonchev–Trinajstić information content (AvgIpc) is 2.91. The van der Waals surface area contributed by atoms with E-state index in [1.165, 1.54) is 0 Å². The van der Waals surface area contributed by atoms with Crippen LogP contribution in [0.1, 0.15) is 44.9 Å². The van der Waals surface area contributed by atoms with Crippen molar-refractivity contribution in [2.45, 2.75) is 63.1 Å². The van der Waals surface area contributed by atoms with Crippen molar-refractivity contribution in [3.05, 3.63) is 0 Å². The third kappa shape index (κ3) is 3.08. The first-order valence-corrected chi connectivity index (χ1v) is 7.45. The molecule has 0 aromatic carbocycles. The number of nitrogens with one attached hydrogen (secondary N) is 1. The minimum absolute atomic E-state index is 0.0423. The van der Waals surface area contributed by atoms with Crippen molar-refractivity contribution in [1.82, 2.24) is 10.2 Å². The molecular weight excluding hydrogens is 244 g/mol. The predicted molar refractivity (Wildman–Crippen MR) is 69.5 cm³/mol. The van der Waals surface area contributed by atoms with Gasteiger partial charge in [0, 0.05) is 19.2 Å². The van der Waals surface area contributed by atoms with E-state index >= 15 is 0 Å². The summed E-state index contributed by atoms with van der Waals surface area (Å²) in [6, 6.07) is 0.123. The van der Waals surface area contributed by atoms with Gasteiger partial charge in [-0.1, -0.05) is 0 Å². The molecular formula is C14H22N2O3. The van der Waals surface area contributed by atoms with Gasteiger partial charge in [-0.25, -0.2) is 0 Å². The highest BCUT2D eigenvalue weighted by Crippen LogP contribution is 2.24. The van der Waals surface area contributed by atoms with Gasteiger partial charge < -0.3 is 15.0 Å². The van der Waals surface area contributed by atoms with Crippen LogP contribution in [0.25, 0.3) is 0 Å². The van der Waals surface area contributed by atoms with E-state index in [0.29, 0.717) is 19.0 Å². The van der Waals surface area contributed by atoms with E-state index in [1.807, 2.05) is 0 Å². The summed E-state index contributed by atoms with van der Waals surface area (Å²) in [4.78, 5) is 26.2. The number of amides is 2. The van der Waals surface area contributed by atoms with Gasteiger partial charge in [0.2, 0.25) is 11.8 Å². The molecule has 3 rings (SSSR count). The molecule has 106 valence electrons. The normalized spacial score (nSPS) is 30.6. The summed E-state index contributed by atoms with van der Waals surface area (Å²) >= 11 is 0. The Balaban J connectivity index is 1.54. The largest absolute Gasteiger partial charge is 0.378 e. The number of carbonyl (C=O) groups is 2. The standard InChI is InChI=1S/C14H22N2O3/c17-13(9-11-3-2-8-19-11)16-7-1-4-12(16)14(18)15-10-5-6-10/h10-12H,1-9H2,(H,15,18). The lowest BCUT2D eigenvalue weighted by molar-refractivity contribution is -0.140. The van der Waals surface area contributed by atoms with E-state index in [9.17, 15) is 9.59 Å². The summed E-state index contributed by atoms with van der Waals surface area (Å²) in [5, 5.41) is 3.01. The van der Waals surface area contributed by atoms with Crippen molar-refractivity contribution < 1.29 is 14.3 Å². The van der Waals surface area contributed by atoms with Gasteiger partial charge in [0.1, 0.15) is 6.04 Å². The van der Waals surface area contributed by atoms with Crippen LogP contribution in [0, 0.1) is 0 Å². The molecule has 1 aliphatic carbocycles. The van der Waals surface area contributed by atoms with Gasteiger partial charge in [-0.3, -0.25) is 9.59 Å². The molecule has 3 fully saturated rings. The zero-order valence-electron chi connectivity index (χ0n) is 11.3. The van der Waals surface area contributed by atoms with E-state index < -0.39 is 0 Å². The molecule has 2 amide bonds. The third-order valence-electron chi connectivity index (χ3n) is 4.23. The molecule has 0 radical (unpaired) electrons. The van der Waals surface area contributed by atoms with Crippen LogP contribution < -0.4 is 5.32 Å². The lowest BCUT2D eigenvalue weighted by atomic mass is 10.1. The minimum atomic E-state index is -0.241. The smallest absolute Gasteiger partial charge is 0.243 e. The zero-order chi connectivity index (χ0) is 13.2. The van der Waals surface area contributed by atoms with Crippen molar-refractivity contribution in [2.24, 2.45) is 0 Å². The van der Waals surface area contributed by atoms with Gasteiger partial charge in [0.05, 0.1) is 12.5 Å². The van der Waals surface area contributed by atoms with E-state index in [0.717, 1.165) is 45.1 Å². The Hall–Kier alpha value is -1.10. The maximum atomic E-state index is 12.3. The van der Waals surface area contributed by atoms with Gasteiger partial charge in [-0.15, -0.1) is 0 Å². The molecule has 0 spiro atoms. The lowest BCUT2D eigenvalue weighted by Crippen LogP contribution is -2.47. The minimum Gasteiger partial charge on any atom is -0.378 e. The number of nitrogens with zero attached hydrogens (tertiary/aromatic N) is 1. The fraction of sp³-hybridized carbons (Fsp3) is 0.857. The SMILES string of the molecule is O=C(NC1CC1)C1CCCN1C(=O)CC1CCCO1. The fourth-order valence-corrected chi connectivity index (χ4v) is 2.98. The first kappa shape index (κ1) is 12.9. The molecule has 5 nitrogen and oxygen atoms in total. The first-order chi connectivity index (χ1) is 9.24. The zero-order valence-corrected chi connectivity index (χ0v) is 11.3. The summed E-state index contributed by atoms with van der Waals surface area (Å²) in [7, 11) is 0. The fourth-order valence-electron chi connectivity index (χ4n) is 2.98. The third-order valence-corrected chi connectivity index (χ3v) is 4.23. The molecule has 19 heavy (non-hydrogen) atoms. The Morgan fingerprint density at radius 2 is 2.00 bits per heavy atom. The summed E-state index contributed by atoms with van der Waals surface area (Å²) in [5.41, 5.74) is 0. The number of hydrogen-bond donors (Lipinski definition) is 1. The lowest BCUT2D eigenvalue weighted by Gasteiger charge is -2.25. The topological polar surface area (TPSA) is 58.6 Å². The highest BCUT2D eigenvalue weighted by molar-refractivity contribution is 5.88. The number of rotatable bonds is 4. The van der Waals surface area contributed by atoms with Crippen LogP contribution in [0.5, 0.6) is 0 Å². The van der Waals surface area contributed by atoms with Crippen molar-refractivity contribution in [3.63, 3.8) is 0 Å². The van der Waals surface area contributed by atoms with E-state index in [1.54, 1.807) is 4.90 Å². The second-order valence-electron chi connectivity index (χ2n) is 5.87. The van der Waals surface area contributed by atoms with Gasteiger partial charge in [-0.2, -0.15) is 0 Å². The number of hydrogen-bond acceptors (Lipinski definition) is 3. The second-order valence-corrected chi connectivity index (χ2v) is 5.87. The van der Waals surface area contributed by atoms with Crippen molar-refractivity contribution in [1.29, 1.82) is 0 Å². The Kier molecular flexibility index (Phi) is 3.73. The molecule has 1 N–H and O–H groups in total. The van der Waals surface area contributed by atoms with Gasteiger partial charge in [0.25, 0.3) is 0 Å². The molecule has 2 atom stereocenters. The highest BCUT2D eigenvalue weighted by Gasteiger charge is 2.37. The summed E-state index contributed by atoms with van der Waals surface area (Å²) in [5.74, 6) is 0.126. The molecule has 0 aromatic heterocycles. The molecule has 2 saturated heterocycles. The van der Waals surface area contributed by atoms with Crippen LogP contribution in [0.4, 0.5) is 0 Å². The summed E-state index contributed by atoms with van der Waals surface area (Å²) in [6.07, 6.45) is 6.43. The molecule has 5 heteroatoms. The quantitative estimate of drug-likeness (QED) is 0.820. The van der Waals surface area contributed by atoms with Gasteiger partial charge in [0.15, 0.2) is 0 Å². The van der Waals surface area contributed by atoms with Gasteiger partial charge in [-0.05, 0) is 38.5 Å². The summed E-state index contributed by atoms with van der Waals surface area (Å²) in [6.45, 7) is 1.48. The number of likely N-dealkylation sites (tertiary alicyclic amines) is 1. The Labute approximate surface area is 113 Å². The monoisotopic (exact) mass is 266 g/mol. The first-order valence-electron chi connectivity index (χ1n) is 7.45. The molecule has 0 bridgehead atoms. The van der Waals surface area contributed by atoms with Crippen molar-refractivity contribution in [2.75, 3.05) is 13.2 Å². The van der Waals surface area contributed by atoms with Crippen LogP contribution in [0.3, 0.4) is 0 Å². The molecule has 2 aliphatic heterocycles. The van der Waals surface area contributed by atoms with Crippen molar-refractivity contribution in [3.8, 4) is 0 Å². The Morgan fingerprint density at radius 3 is 2.68 bits per heavy atom. The maximum Gasteiger partial charge on any atom is 0.243 e. The second kappa shape index (κ2) is 5.49. The molecule has 2 heterocycles. The molecule has 0 aromatic rings. The van der Waals surface area contributed by atoms with Crippen LogP contribution in [0.15, 0.2) is 0 Å². The van der Waals surface area contributed by atoms with E-state index in [4.69, 9.17) is 4.74 Å². The number of carbonyl (C=O) groups excluding carboxylic acids is 2. The van der Waals surface area contributed by atoms with Crippen LogP contribution in [0.2, 0.25) is 0 Å². The average molecular weight is 266 g/mol. The van der Waals surface area contributed by atoms with Crippen LogP contribution in [-0.4, -0.2) is 48.1 Å². The van der Waals surface area contributed by atoms with Crippen LogP contribution >= 0.6 is 0 Å². The molecule has 1 saturated carbocycles. The van der Waals surface area contributed by atoms with E-state index in [2.05, 4.69) is 5.32 Å². The Bertz CT molecular complexity index is 362. The number of ether oxygens (including phenoxy) is 1. The summed E-state index contributed by atoms with van der Waals surface area (Å²) < 4.78 is 5.51. The van der Waals surface area contributed by atoms with E-state index in [-0.39, 0.29) is 24.0 Å².